The van der Waals surface area contributed by atoms with E-state index in [0.717, 1.165) is 25.9 Å². The molecule has 120 valence electrons. The molecule has 5 heteroatoms. The molecule has 0 bridgehead atoms. The van der Waals surface area contributed by atoms with Crippen LogP contribution in [0.3, 0.4) is 0 Å². The molecule has 1 aliphatic heterocycles. The number of carbonyl (C=O) groups excluding carboxylic acids is 1. The molecular formula is C18H18Cl2N2O. The Hall–Kier alpha value is -1.71. The number of anilines is 2. The number of nitrogens with one attached hydrogen (secondary N) is 1. The van der Waals surface area contributed by atoms with E-state index in [1.807, 2.05) is 18.2 Å². The fourth-order valence-corrected chi connectivity index (χ4v) is 3.32. The zero-order valence-corrected chi connectivity index (χ0v) is 14.1. The molecule has 1 aliphatic rings. The Balaban J connectivity index is 1.58. The summed E-state index contributed by atoms with van der Waals surface area (Å²) in [4.78, 5) is 14.7. The molecule has 0 unspecified atom stereocenters. The molecule has 0 atom stereocenters. The minimum atomic E-state index is 0.0155. The van der Waals surface area contributed by atoms with Crippen molar-refractivity contribution >= 4 is 40.5 Å². The highest BCUT2D eigenvalue weighted by molar-refractivity contribution is 6.36. The Morgan fingerprint density at radius 2 is 1.74 bits per heavy atom. The monoisotopic (exact) mass is 348 g/mol. The van der Waals surface area contributed by atoms with E-state index in [0.29, 0.717) is 15.7 Å². The number of benzene rings is 2. The smallest absolute Gasteiger partial charge is 0.227 e. The number of halogens is 2. The van der Waals surface area contributed by atoms with Crippen LogP contribution in [0.4, 0.5) is 11.4 Å². The van der Waals surface area contributed by atoms with Gasteiger partial charge in [-0.2, -0.15) is 0 Å². The summed E-state index contributed by atoms with van der Waals surface area (Å²) in [6.45, 7) is 1.77. The lowest BCUT2D eigenvalue weighted by Crippen LogP contribution is -2.38. The third kappa shape index (κ3) is 3.98. The maximum Gasteiger partial charge on any atom is 0.227 e. The average Bonchev–Trinajstić information content (AvgIpc) is 2.58. The minimum Gasteiger partial charge on any atom is -0.371 e. The first kappa shape index (κ1) is 16.2. The zero-order valence-electron chi connectivity index (χ0n) is 12.6. The minimum absolute atomic E-state index is 0.0155. The van der Waals surface area contributed by atoms with Crippen LogP contribution in [0.1, 0.15) is 12.8 Å². The molecule has 1 amide bonds. The predicted molar refractivity (Wildman–Crippen MR) is 96.5 cm³/mol. The number of amides is 1. The molecular weight excluding hydrogens is 331 g/mol. The molecule has 0 aromatic heterocycles. The van der Waals surface area contributed by atoms with Gasteiger partial charge < -0.3 is 10.2 Å². The Morgan fingerprint density at radius 1 is 1.04 bits per heavy atom. The molecule has 2 aromatic carbocycles. The first-order chi connectivity index (χ1) is 11.1. The summed E-state index contributed by atoms with van der Waals surface area (Å²) in [5.74, 6) is 0.0450. The molecule has 0 saturated carbocycles. The van der Waals surface area contributed by atoms with E-state index in [1.165, 1.54) is 5.69 Å². The molecule has 3 rings (SSSR count). The molecule has 0 aliphatic carbocycles. The van der Waals surface area contributed by atoms with Crippen LogP contribution in [0.5, 0.6) is 0 Å². The lowest BCUT2D eigenvalue weighted by molar-refractivity contribution is -0.120. The van der Waals surface area contributed by atoms with Crippen molar-refractivity contribution in [1.82, 2.24) is 0 Å². The van der Waals surface area contributed by atoms with Gasteiger partial charge in [-0.3, -0.25) is 4.79 Å². The Kier molecular flexibility index (Phi) is 5.09. The van der Waals surface area contributed by atoms with Gasteiger partial charge in [-0.25, -0.2) is 0 Å². The predicted octanol–water partition coefficient (Wildman–Crippen LogP) is 4.85. The quantitative estimate of drug-likeness (QED) is 0.859. The van der Waals surface area contributed by atoms with Crippen LogP contribution in [0.15, 0.2) is 48.5 Å². The van der Waals surface area contributed by atoms with Crippen molar-refractivity contribution in [2.75, 3.05) is 23.3 Å². The lowest BCUT2D eigenvalue weighted by atomic mass is 9.95. The zero-order chi connectivity index (χ0) is 16.2. The van der Waals surface area contributed by atoms with Crippen LogP contribution in [-0.4, -0.2) is 19.0 Å². The van der Waals surface area contributed by atoms with Crippen molar-refractivity contribution in [3.05, 3.63) is 58.6 Å². The number of rotatable bonds is 3. The summed E-state index contributed by atoms with van der Waals surface area (Å²) in [5.41, 5.74) is 1.83. The van der Waals surface area contributed by atoms with Gasteiger partial charge in [-0.15, -0.1) is 0 Å². The number of carbonyl (C=O) groups is 1. The third-order valence-electron chi connectivity index (χ3n) is 4.18. The average molecular weight is 349 g/mol. The fraction of sp³-hybridized carbons (Fsp3) is 0.278. The molecule has 1 saturated heterocycles. The van der Waals surface area contributed by atoms with Gasteiger partial charge in [0.15, 0.2) is 0 Å². The first-order valence-corrected chi connectivity index (χ1v) is 8.45. The second-order valence-corrected chi connectivity index (χ2v) is 6.55. The largest absolute Gasteiger partial charge is 0.371 e. The van der Waals surface area contributed by atoms with Gasteiger partial charge in [-0.05, 0) is 43.2 Å². The number of nitrogens with zero attached hydrogens (tertiary/aromatic N) is 1. The normalized spacial score (nSPS) is 15.5. The van der Waals surface area contributed by atoms with E-state index in [4.69, 9.17) is 23.2 Å². The highest BCUT2D eigenvalue weighted by Crippen LogP contribution is 2.28. The highest BCUT2D eigenvalue weighted by Gasteiger charge is 2.25. The first-order valence-electron chi connectivity index (χ1n) is 7.69. The number of hydrogen-bond acceptors (Lipinski definition) is 2. The van der Waals surface area contributed by atoms with Gasteiger partial charge in [0.25, 0.3) is 0 Å². The van der Waals surface area contributed by atoms with Gasteiger partial charge in [0.05, 0.1) is 10.7 Å². The molecule has 0 spiro atoms. The van der Waals surface area contributed by atoms with Crippen LogP contribution < -0.4 is 10.2 Å². The molecule has 0 radical (unpaired) electrons. The third-order valence-corrected chi connectivity index (χ3v) is 4.72. The van der Waals surface area contributed by atoms with Gasteiger partial charge >= 0.3 is 0 Å². The van der Waals surface area contributed by atoms with E-state index in [1.54, 1.807) is 18.2 Å². The van der Waals surface area contributed by atoms with Crippen molar-refractivity contribution in [1.29, 1.82) is 0 Å². The molecule has 1 fully saturated rings. The SMILES string of the molecule is O=C(Nc1ccc(Cl)cc1Cl)C1CCN(c2ccccc2)CC1. The summed E-state index contributed by atoms with van der Waals surface area (Å²) in [6, 6.07) is 15.4. The maximum absolute atomic E-state index is 12.4. The Labute approximate surface area is 146 Å². The molecule has 1 heterocycles. The standard InChI is InChI=1S/C18H18Cl2N2O/c19-14-6-7-17(16(20)12-14)21-18(23)13-8-10-22(11-9-13)15-4-2-1-3-5-15/h1-7,12-13H,8-11H2,(H,21,23). The van der Waals surface area contributed by atoms with Crippen molar-refractivity contribution in [2.24, 2.45) is 5.92 Å². The summed E-state index contributed by atoms with van der Waals surface area (Å²) in [5, 5.41) is 3.94. The summed E-state index contributed by atoms with van der Waals surface area (Å²) >= 11 is 12.0. The number of piperidine rings is 1. The molecule has 1 N–H and O–H groups in total. The van der Waals surface area contributed by atoms with Crippen molar-refractivity contribution < 1.29 is 4.79 Å². The van der Waals surface area contributed by atoms with E-state index >= 15 is 0 Å². The van der Waals surface area contributed by atoms with Crippen LogP contribution in [0.25, 0.3) is 0 Å². The van der Waals surface area contributed by atoms with E-state index in [-0.39, 0.29) is 11.8 Å². The maximum atomic E-state index is 12.4. The highest BCUT2D eigenvalue weighted by atomic mass is 35.5. The van der Waals surface area contributed by atoms with Crippen LogP contribution >= 0.6 is 23.2 Å². The van der Waals surface area contributed by atoms with E-state index in [9.17, 15) is 4.79 Å². The van der Waals surface area contributed by atoms with Crippen molar-refractivity contribution in [3.63, 3.8) is 0 Å². The van der Waals surface area contributed by atoms with Crippen molar-refractivity contribution in [3.8, 4) is 0 Å². The van der Waals surface area contributed by atoms with Crippen LogP contribution in [0.2, 0.25) is 10.0 Å². The summed E-state index contributed by atoms with van der Waals surface area (Å²) in [6.07, 6.45) is 1.68. The Bertz CT molecular complexity index is 683. The molecule has 2 aromatic rings. The second-order valence-electron chi connectivity index (χ2n) is 5.71. The van der Waals surface area contributed by atoms with Gasteiger partial charge in [0, 0.05) is 29.7 Å². The summed E-state index contributed by atoms with van der Waals surface area (Å²) < 4.78 is 0. The van der Waals surface area contributed by atoms with Gasteiger partial charge in [0.1, 0.15) is 0 Å². The second kappa shape index (κ2) is 7.24. The van der Waals surface area contributed by atoms with Crippen LogP contribution in [-0.2, 0) is 4.79 Å². The van der Waals surface area contributed by atoms with Crippen LogP contribution in [0, 0.1) is 5.92 Å². The summed E-state index contributed by atoms with van der Waals surface area (Å²) in [7, 11) is 0. The fourth-order valence-electron chi connectivity index (χ4n) is 2.86. The van der Waals surface area contributed by atoms with Gasteiger partial charge in [0.2, 0.25) is 5.91 Å². The van der Waals surface area contributed by atoms with Crippen molar-refractivity contribution in [2.45, 2.75) is 12.8 Å². The molecule has 23 heavy (non-hydrogen) atoms. The van der Waals surface area contributed by atoms with E-state index in [2.05, 4.69) is 22.3 Å². The Morgan fingerprint density at radius 3 is 2.39 bits per heavy atom. The van der Waals surface area contributed by atoms with Gasteiger partial charge in [-0.1, -0.05) is 41.4 Å². The molecule has 3 nitrogen and oxygen atoms in total. The lowest BCUT2D eigenvalue weighted by Gasteiger charge is -2.33. The number of hydrogen-bond donors (Lipinski definition) is 1. The number of para-hydroxylation sites is 1. The topological polar surface area (TPSA) is 32.3 Å². The van der Waals surface area contributed by atoms with E-state index < -0.39 is 0 Å².